The number of fused-ring (bicyclic) bond motifs is 1. The highest BCUT2D eigenvalue weighted by molar-refractivity contribution is 5.75. The molecule has 112 valence electrons. The maximum Gasteiger partial charge on any atom is 0.148 e. The average molecular weight is 286 g/mol. The highest BCUT2D eigenvalue weighted by Gasteiger charge is 2.24. The molecule has 2 heterocycles. The molecular formula is C16H22N4O. The first-order valence-electron chi connectivity index (χ1n) is 7.53. The molecule has 1 aromatic heterocycles. The van der Waals surface area contributed by atoms with Gasteiger partial charge < -0.3 is 15.0 Å². The summed E-state index contributed by atoms with van der Waals surface area (Å²) in [6.45, 7) is 7.54. The highest BCUT2D eigenvalue weighted by Crippen LogP contribution is 2.19. The van der Waals surface area contributed by atoms with Gasteiger partial charge in [-0.2, -0.15) is 0 Å². The second-order valence-corrected chi connectivity index (χ2v) is 5.70. The van der Waals surface area contributed by atoms with Crippen molar-refractivity contribution in [3.63, 3.8) is 0 Å². The van der Waals surface area contributed by atoms with Crippen LogP contribution in [0.2, 0.25) is 0 Å². The third-order valence-corrected chi connectivity index (χ3v) is 3.72. The maximum absolute atomic E-state index is 5.62. The number of nitrogens with zero attached hydrogens (tertiary/aromatic N) is 3. The third-order valence-electron chi connectivity index (χ3n) is 3.72. The summed E-state index contributed by atoms with van der Waals surface area (Å²) in [5, 5.41) is 3.48. The van der Waals surface area contributed by atoms with Crippen LogP contribution in [0.25, 0.3) is 11.0 Å². The van der Waals surface area contributed by atoms with E-state index in [2.05, 4.69) is 29.0 Å². The quantitative estimate of drug-likeness (QED) is 0.929. The van der Waals surface area contributed by atoms with E-state index in [4.69, 9.17) is 9.72 Å². The van der Waals surface area contributed by atoms with E-state index in [-0.39, 0.29) is 0 Å². The Balaban J connectivity index is 1.83. The van der Waals surface area contributed by atoms with Crippen LogP contribution >= 0.6 is 0 Å². The first kappa shape index (κ1) is 14.2. The van der Waals surface area contributed by atoms with E-state index in [0.717, 1.165) is 43.2 Å². The molecule has 5 nitrogen and oxygen atoms in total. The first-order chi connectivity index (χ1) is 10.2. The predicted molar refractivity (Wildman–Crippen MR) is 84.6 cm³/mol. The molecule has 0 spiro atoms. The molecule has 0 amide bonds. The number of hydrogen-bond donors (Lipinski definition) is 1. The molecule has 5 heteroatoms. The van der Waals surface area contributed by atoms with Crippen LogP contribution in [0.5, 0.6) is 0 Å². The van der Waals surface area contributed by atoms with Crippen molar-refractivity contribution >= 4 is 16.9 Å². The van der Waals surface area contributed by atoms with Crippen molar-refractivity contribution in [2.45, 2.75) is 25.9 Å². The topological polar surface area (TPSA) is 50.3 Å². The lowest BCUT2D eigenvalue weighted by molar-refractivity contribution is 0.0928. The Morgan fingerprint density at radius 2 is 2.14 bits per heavy atom. The number of morpholine rings is 1. The summed E-state index contributed by atoms with van der Waals surface area (Å²) in [5.74, 6) is 0.938. The molecule has 3 rings (SSSR count). The van der Waals surface area contributed by atoms with Gasteiger partial charge in [-0.1, -0.05) is 26.0 Å². The van der Waals surface area contributed by atoms with E-state index in [1.807, 2.05) is 30.5 Å². The van der Waals surface area contributed by atoms with Crippen LogP contribution in [0.3, 0.4) is 0 Å². The fraction of sp³-hybridized carbons (Fsp3) is 0.500. The molecule has 1 N–H and O–H groups in total. The lowest BCUT2D eigenvalue weighted by atomic mass is 10.2. The second-order valence-electron chi connectivity index (χ2n) is 5.70. The van der Waals surface area contributed by atoms with E-state index in [1.165, 1.54) is 0 Å². The lowest BCUT2D eigenvalue weighted by Crippen LogP contribution is -2.51. The number of hydrogen-bond acceptors (Lipinski definition) is 5. The Labute approximate surface area is 125 Å². The molecule has 0 saturated carbocycles. The van der Waals surface area contributed by atoms with Gasteiger partial charge in [0.05, 0.1) is 36.5 Å². The second kappa shape index (κ2) is 6.37. The van der Waals surface area contributed by atoms with Crippen molar-refractivity contribution in [3.8, 4) is 0 Å². The highest BCUT2D eigenvalue weighted by atomic mass is 16.5. The number of aromatic nitrogens is 2. The Kier molecular flexibility index (Phi) is 4.31. The Bertz CT molecular complexity index is 602. The molecule has 1 fully saturated rings. The summed E-state index contributed by atoms with van der Waals surface area (Å²) in [4.78, 5) is 11.6. The molecule has 0 bridgehead atoms. The van der Waals surface area contributed by atoms with Gasteiger partial charge in [-0.05, 0) is 12.1 Å². The summed E-state index contributed by atoms with van der Waals surface area (Å²) in [5.41, 5.74) is 1.88. The number of nitrogens with one attached hydrogen (secondary N) is 1. The zero-order valence-electron chi connectivity index (χ0n) is 12.6. The minimum Gasteiger partial charge on any atom is -0.377 e. The molecule has 1 aliphatic heterocycles. The van der Waals surface area contributed by atoms with Crippen LogP contribution in [0, 0.1) is 0 Å². The number of anilines is 1. The van der Waals surface area contributed by atoms with Crippen LogP contribution in [0.1, 0.15) is 13.8 Å². The van der Waals surface area contributed by atoms with Crippen molar-refractivity contribution in [2.24, 2.45) is 0 Å². The molecule has 1 unspecified atom stereocenters. The van der Waals surface area contributed by atoms with Crippen molar-refractivity contribution in [1.29, 1.82) is 0 Å². The van der Waals surface area contributed by atoms with Crippen LogP contribution in [-0.4, -0.2) is 48.4 Å². The molecule has 0 radical (unpaired) electrons. The van der Waals surface area contributed by atoms with Crippen LogP contribution in [-0.2, 0) is 4.74 Å². The minimum atomic E-state index is 0.302. The molecule has 1 aliphatic rings. The van der Waals surface area contributed by atoms with E-state index >= 15 is 0 Å². The van der Waals surface area contributed by atoms with E-state index in [9.17, 15) is 0 Å². The number of benzene rings is 1. The number of ether oxygens (including phenoxy) is 1. The van der Waals surface area contributed by atoms with Gasteiger partial charge in [-0.15, -0.1) is 0 Å². The summed E-state index contributed by atoms with van der Waals surface area (Å²) in [6.07, 6.45) is 1.87. The van der Waals surface area contributed by atoms with Gasteiger partial charge in [-0.25, -0.2) is 4.98 Å². The van der Waals surface area contributed by atoms with Crippen LogP contribution in [0.4, 0.5) is 5.82 Å². The molecule has 0 aliphatic carbocycles. The molecule has 1 aromatic carbocycles. The Hall–Kier alpha value is -1.72. The van der Waals surface area contributed by atoms with Crippen LogP contribution < -0.4 is 10.2 Å². The molecular weight excluding hydrogens is 264 g/mol. The van der Waals surface area contributed by atoms with Gasteiger partial charge in [0, 0.05) is 19.1 Å². The smallest absolute Gasteiger partial charge is 0.148 e. The van der Waals surface area contributed by atoms with Crippen LogP contribution in [0.15, 0.2) is 30.5 Å². The molecule has 21 heavy (non-hydrogen) atoms. The zero-order valence-corrected chi connectivity index (χ0v) is 12.6. The fourth-order valence-corrected chi connectivity index (χ4v) is 2.58. The Morgan fingerprint density at radius 1 is 1.33 bits per heavy atom. The monoisotopic (exact) mass is 286 g/mol. The summed E-state index contributed by atoms with van der Waals surface area (Å²) in [6, 6.07) is 8.75. The third kappa shape index (κ3) is 3.31. The largest absolute Gasteiger partial charge is 0.377 e. The summed E-state index contributed by atoms with van der Waals surface area (Å²) >= 11 is 0. The standard InChI is InChI=1S/C16H22N4O/c1-12(2)17-9-13-11-21-8-7-20(13)16-10-18-14-5-3-4-6-15(14)19-16/h3-6,10,12-13,17H,7-9,11H2,1-2H3. The first-order valence-corrected chi connectivity index (χ1v) is 7.53. The molecule has 2 aromatic rings. The van der Waals surface area contributed by atoms with Gasteiger partial charge in [0.25, 0.3) is 0 Å². The maximum atomic E-state index is 5.62. The van der Waals surface area contributed by atoms with Gasteiger partial charge in [0.15, 0.2) is 0 Å². The minimum absolute atomic E-state index is 0.302. The number of rotatable bonds is 4. The summed E-state index contributed by atoms with van der Waals surface area (Å²) < 4.78 is 5.62. The van der Waals surface area contributed by atoms with Gasteiger partial charge in [-0.3, -0.25) is 4.98 Å². The van der Waals surface area contributed by atoms with Gasteiger partial charge in [0.1, 0.15) is 5.82 Å². The summed E-state index contributed by atoms with van der Waals surface area (Å²) in [7, 11) is 0. The molecule has 1 saturated heterocycles. The van der Waals surface area contributed by atoms with E-state index < -0.39 is 0 Å². The van der Waals surface area contributed by atoms with E-state index in [0.29, 0.717) is 12.1 Å². The van der Waals surface area contributed by atoms with E-state index in [1.54, 1.807) is 0 Å². The van der Waals surface area contributed by atoms with Crippen molar-refractivity contribution in [2.75, 3.05) is 31.2 Å². The van der Waals surface area contributed by atoms with Crippen molar-refractivity contribution in [3.05, 3.63) is 30.5 Å². The fourth-order valence-electron chi connectivity index (χ4n) is 2.58. The van der Waals surface area contributed by atoms with Crippen molar-refractivity contribution in [1.82, 2.24) is 15.3 Å². The zero-order chi connectivity index (χ0) is 14.7. The SMILES string of the molecule is CC(C)NCC1COCCN1c1cnc2ccccc2n1. The average Bonchev–Trinajstić information content (AvgIpc) is 2.52. The number of para-hydroxylation sites is 2. The molecule has 1 atom stereocenters. The van der Waals surface area contributed by atoms with Gasteiger partial charge in [0.2, 0.25) is 0 Å². The van der Waals surface area contributed by atoms with Gasteiger partial charge >= 0.3 is 0 Å². The van der Waals surface area contributed by atoms with Crippen molar-refractivity contribution < 1.29 is 4.74 Å². The lowest BCUT2D eigenvalue weighted by Gasteiger charge is -2.36. The Morgan fingerprint density at radius 3 is 2.95 bits per heavy atom. The normalized spacial score (nSPS) is 19.4. The predicted octanol–water partition coefficient (Wildman–Crippen LogP) is 1.83.